The molecule has 0 aromatic heterocycles. The number of ether oxygens (including phenoxy) is 1. The second kappa shape index (κ2) is 6.58. The Kier molecular flexibility index (Phi) is 4.56. The van der Waals surface area contributed by atoms with E-state index in [1.54, 1.807) is 13.2 Å². The molecule has 1 N–H and O–H groups in total. The van der Waals surface area contributed by atoms with E-state index in [1.807, 2.05) is 30.3 Å². The number of rotatable bonds is 5. The highest BCUT2D eigenvalue weighted by Gasteiger charge is 2.01. The third-order valence-corrected chi connectivity index (χ3v) is 2.90. The summed E-state index contributed by atoms with van der Waals surface area (Å²) in [4.78, 5) is 0. The first-order valence-electron chi connectivity index (χ1n) is 6.29. The van der Waals surface area contributed by atoms with Gasteiger partial charge in [0.2, 0.25) is 0 Å². The molecule has 0 atom stereocenters. The highest BCUT2D eigenvalue weighted by molar-refractivity contribution is 5.49. The van der Waals surface area contributed by atoms with Gasteiger partial charge in [-0.15, -0.1) is 0 Å². The number of nitrogens with one attached hydrogen (secondary N) is 1. The number of nitriles is 1. The van der Waals surface area contributed by atoms with Crippen molar-refractivity contribution in [3.8, 4) is 11.8 Å². The Labute approximate surface area is 117 Å². The summed E-state index contributed by atoms with van der Waals surface area (Å²) in [6, 6.07) is 14.0. The van der Waals surface area contributed by atoms with Crippen LogP contribution in [0.4, 0.5) is 10.1 Å². The molecule has 0 amide bonds. The van der Waals surface area contributed by atoms with Crippen molar-refractivity contribution in [3.63, 3.8) is 0 Å². The molecule has 0 bridgehead atoms. The van der Waals surface area contributed by atoms with Gasteiger partial charge in [-0.3, -0.25) is 0 Å². The Morgan fingerprint density at radius 2 is 2.10 bits per heavy atom. The number of benzene rings is 2. The van der Waals surface area contributed by atoms with Crippen LogP contribution >= 0.6 is 0 Å². The molecule has 0 aliphatic carbocycles. The molecule has 4 heteroatoms. The van der Waals surface area contributed by atoms with E-state index in [4.69, 9.17) is 10.00 Å². The molecule has 0 aliphatic rings. The molecule has 102 valence electrons. The zero-order chi connectivity index (χ0) is 14.4. The van der Waals surface area contributed by atoms with E-state index in [2.05, 4.69) is 5.32 Å². The molecule has 0 radical (unpaired) electrons. The van der Waals surface area contributed by atoms with E-state index < -0.39 is 5.82 Å². The molecule has 2 aromatic carbocycles. The normalized spacial score (nSPS) is 9.85. The molecule has 2 rings (SSSR count). The Bertz CT molecular complexity index is 635. The summed E-state index contributed by atoms with van der Waals surface area (Å²) in [5.41, 5.74) is 2.06. The fraction of sp³-hybridized carbons (Fsp3) is 0.188. The standard InChI is InChI=1S/C16H15FN2O/c1-20-16-4-2-3-12(9-16)5-6-19-15-8-13(11-18)7-14(17)10-15/h2-4,7-10,19H,5-6H2,1H3. The van der Waals surface area contributed by atoms with E-state index in [9.17, 15) is 4.39 Å². The molecule has 2 aromatic rings. The monoisotopic (exact) mass is 270 g/mol. The largest absolute Gasteiger partial charge is 0.497 e. The smallest absolute Gasteiger partial charge is 0.126 e. The average molecular weight is 270 g/mol. The van der Waals surface area contributed by atoms with Gasteiger partial charge in [0, 0.05) is 12.2 Å². The van der Waals surface area contributed by atoms with Crippen LogP contribution in [0.1, 0.15) is 11.1 Å². The minimum atomic E-state index is -0.409. The lowest BCUT2D eigenvalue weighted by Crippen LogP contribution is -2.05. The summed E-state index contributed by atoms with van der Waals surface area (Å²) >= 11 is 0. The number of hydrogen-bond donors (Lipinski definition) is 1. The fourth-order valence-corrected chi connectivity index (χ4v) is 1.94. The van der Waals surface area contributed by atoms with Gasteiger partial charge >= 0.3 is 0 Å². The van der Waals surface area contributed by atoms with Crippen LogP contribution in [0, 0.1) is 17.1 Å². The molecule has 0 saturated heterocycles. The van der Waals surface area contributed by atoms with E-state index in [1.165, 1.54) is 12.1 Å². The number of hydrogen-bond acceptors (Lipinski definition) is 3. The summed E-state index contributed by atoms with van der Waals surface area (Å²) in [7, 11) is 1.63. The molecule has 0 unspecified atom stereocenters. The SMILES string of the molecule is COc1cccc(CCNc2cc(F)cc(C#N)c2)c1. The van der Waals surface area contributed by atoms with Gasteiger partial charge in [-0.2, -0.15) is 5.26 Å². The van der Waals surface area contributed by atoms with Crippen LogP contribution < -0.4 is 10.1 Å². The van der Waals surface area contributed by atoms with E-state index in [-0.39, 0.29) is 0 Å². The molecular weight excluding hydrogens is 255 g/mol. The van der Waals surface area contributed by atoms with Crippen molar-refractivity contribution in [2.75, 3.05) is 19.0 Å². The molecule has 0 spiro atoms. The van der Waals surface area contributed by atoms with Gasteiger partial charge in [-0.05, 0) is 42.3 Å². The maximum absolute atomic E-state index is 13.3. The topological polar surface area (TPSA) is 45.0 Å². The van der Waals surface area contributed by atoms with Crippen LogP contribution in [0.3, 0.4) is 0 Å². The van der Waals surface area contributed by atoms with Crippen molar-refractivity contribution < 1.29 is 9.13 Å². The second-order valence-electron chi connectivity index (χ2n) is 4.37. The van der Waals surface area contributed by atoms with Crippen molar-refractivity contribution in [2.45, 2.75) is 6.42 Å². The molecule has 0 heterocycles. The minimum absolute atomic E-state index is 0.314. The van der Waals surface area contributed by atoms with Crippen LogP contribution in [-0.4, -0.2) is 13.7 Å². The summed E-state index contributed by atoms with van der Waals surface area (Å²) in [5.74, 6) is 0.410. The van der Waals surface area contributed by atoms with Crippen molar-refractivity contribution in [1.82, 2.24) is 0 Å². The highest BCUT2D eigenvalue weighted by atomic mass is 19.1. The lowest BCUT2D eigenvalue weighted by Gasteiger charge is -2.08. The molecule has 0 fully saturated rings. The van der Waals surface area contributed by atoms with Crippen molar-refractivity contribution in [2.24, 2.45) is 0 Å². The summed E-state index contributed by atoms with van der Waals surface area (Å²) < 4.78 is 18.4. The Balaban J connectivity index is 1.96. The lowest BCUT2D eigenvalue weighted by molar-refractivity contribution is 0.414. The van der Waals surface area contributed by atoms with Gasteiger partial charge in [0.1, 0.15) is 11.6 Å². The Morgan fingerprint density at radius 3 is 2.85 bits per heavy atom. The zero-order valence-corrected chi connectivity index (χ0v) is 11.2. The number of nitrogens with zero attached hydrogens (tertiary/aromatic N) is 1. The second-order valence-corrected chi connectivity index (χ2v) is 4.37. The predicted molar refractivity (Wildman–Crippen MR) is 76.3 cm³/mol. The van der Waals surface area contributed by atoms with Gasteiger partial charge in [-0.25, -0.2) is 4.39 Å². The first kappa shape index (κ1) is 13.9. The van der Waals surface area contributed by atoms with Crippen LogP contribution in [-0.2, 0) is 6.42 Å². The van der Waals surface area contributed by atoms with Gasteiger partial charge in [-0.1, -0.05) is 12.1 Å². The van der Waals surface area contributed by atoms with E-state index in [0.29, 0.717) is 17.8 Å². The van der Waals surface area contributed by atoms with Crippen LogP contribution in [0.5, 0.6) is 5.75 Å². The van der Waals surface area contributed by atoms with Crippen LogP contribution in [0.25, 0.3) is 0 Å². The van der Waals surface area contributed by atoms with E-state index >= 15 is 0 Å². The molecule has 20 heavy (non-hydrogen) atoms. The first-order valence-corrected chi connectivity index (χ1v) is 6.29. The third kappa shape index (κ3) is 3.72. The third-order valence-electron chi connectivity index (χ3n) is 2.90. The number of methoxy groups -OCH3 is 1. The van der Waals surface area contributed by atoms with Crippen LogP contribution in [0.2, 0.25) is 0 Å². The van der Waals surface area contributed by atoms with Gasteiger partial charge in [0.05, 0.1) is 18.7 Å². The van der Waals surface area contributed by atoms with Crippen molar-refractivity contribution in [3.05, 3.63) is 59.4 Å². The number of halogens is 1. The number of anilines is 1. The predicted octanol–water partition coefficient (Wildman–Crippen LogP) is 3.36. The lowest BCUT2D eigenvalue weighted by atomic mass is 10.1. The molecule has 3 nitrogen and oxygen atoms in total. The van der Waals surface area contributed by atoms with Crippen LogP contribution in [0.15, 0.2) is 42.5 Å². The highest BCUT2D eigenvalue weighted by Crippen LogP contribution is 2.15. The maximum Gasteiger partial charge on any atom is 0.126 e. The van der Waals surface area contributed by atoms with Gasteiger partial charge in [0.15, 0.2) is 0 Å². The molecular formula is C16H15FN2O. The average Bonchev–Trinajstić information content (AvgIpc) is 2.47. The maximum atomic E-state index is 13.3. The molecule has 0 aliphatic heterocycles. The fourth-order valence-electron chi connectivity index (χ4n) is 1.94. The van der Waals surface area contributed by atoms with Crippen molar-refractivity contribution >= 4 is 5.69 Å². The van der Waals surface area contributed by atoms with Crippen molar-refractivity contribution in [1.29, 1.82) is 5.26 Å². The zero-order valence-electron chi connectivity index (χ0n) is 11.2. The van der Waals surface area contributed by atoms with E-state index in [0.717, 1.165) is 17.7 Å². The van der Waals surface area contributed by atoms with Gasteiger partial charge < -0.3 is 10.1 Å². The summed E-state index contributed by atoms with van der Waals surface area (Å²) in [6.07, 6.45) is 0.787. The summed E-state index contributed by atoms with van der Waals surface area (Å²) in [6.45, 7) is 0.654. The quantitative estimate of drug-likeness (QED) is 0.906. The molecule has 0 saturated carbocycles. The Hall–Kier alpha value is -2.54. The van der Waals surface area contributed by atoms with Gasteiger partial charge in [0.25, 0.3) is 0 Å². The first-order chi connectivity index (χ1) is 9.71. The minimum Gasteiger partial charge on any atom is -0.497 e. The Morgan fingerprint density at radius 1 is 1.25 bits per heavy atom. The summed E-state index contributed by atoms with van der Waals surface area (Å²) in [5, 5.41) is 11.9.